The third-order valence-electron chi connectivity index (χ3n) is 8.13. The van der Waals surface area contributed by atoms with Crippen molar-refractivity contribution in [1.82, 2.24) is 0 Å². The van der Waals surface area contributed by atoms with E-state index >= 15 is 0 Å². The smallest absolute Gasteiger partial charge is 0.0759 e. The molecule has 4 bridgehead atoms. The van der Waals surface area contributed by atoms with Gasteiger partial charge in [-0.2, -0.15) is 5.26 Å². The molecule has 0 saturated heterocycles. The highest BCUT2D eigenvalue weighted by Gasteiger charge is 2.74. The molecular formula is C19H25NO. The fraction of sp³-hybridized carbons (Fsp3) is 0.842. The second kappa shape index (κ2) is 4.13. The Morgan fingerprint density at radius 3 is 2.67 bits per heavy atom. The molecule has 4 saturated carbocycles. The van der Waals surface area contributed by atoms with Gasteiger partial charge in [0.2, 0.25) is 0 Å². The van der Waals surface area contributed by atoms with Gasteiger partial charge in [0.15, 0.2) is 0 Å². The van der Waals surface area contributed by atoms with Crippen molar-refractivity contribution >= 4 is 0 Å². The number of fused-ring (bicyclic) bond motifs is 9. The predicted octanol–water partition coefficient (Wildman–Crippen LogP) is 3.53. The number of hydrogen-bond donors (Lipinski definition) is 1. The minimum atomic E-state index is -0.338. The van der Waals surface area contributed by atoms with E-state index in [1.165, 1.54) is 38.5 Å². The lowest BCUT2D eigenvalue weighted by Gasteiger charge is -2.54. The molecule has 0 aromatic rings. The van der Waals surface area contributed by atoms with Gasteiger partial charge in [-0.15, -0.1) is 0 Å². The first-order valence-electron chi connectivity index (χ1n) is 9.04. The topological polar surface area (TPSA) is 44.0 Å². The van der Waals surface area contributed by atoms with Crippen molar-refractivity contribution in [3.05, 3.63) is 12.2 Å². The van der Waals surface area contributed by atoms with Crippen molar-refractivity contribution in [3.63, 3.8) is 0 Å². The number of aliphatic hydroxyl groups excluding tert-OH is 1. The Kier molecular flexibility index (Phi) is 2.50. The molecule has 5 aliphatic carbocycles. The standard InChI is InChI=1S/C19H25NO/c20-10-15-16-9-14(18(15)21)17-11-6-7-13(8-11)19(16,17)12-4-2-1-3-5-12/h6-7,11-18,21H,1-5,8-9H2. The molecule has 0 spiro atoms. The third kappa shape index (κ3) is 1.29. The average molecular weight is 283 g/mol. The largest absolute Gasteiger partial charge is 0.391 e. The van der Waals surface area contributed by atoms with Crippen LogP contribution < -0.4 is 0 Å². The van der Waals surface area contributed by atoms with Crippen LogP contribution in [0.15, 0.2) is 12.2 Å². The molecule has 21 heavy (non-hydrogen) atoms. The Morgan fingerprint density at radius 2 is 1.90 bits per heavy atom. The summed E-state index contributed by atoms with van der Waals surface area (Å²) in [7, 11) is 0. The maximum atomic E-state index is 10.6. The van der Waals surface area contributed by atoms with Gasteiger partial charge >= 0.3 is 0 Å². The molecule has 0 heterocycles. The lowest BCUT2D eigenvalue weighted by Crippen LogP contribution is -2.52. The van der Waals surface area contributed by atoms with E-state index in [9.17, 15) is 10.4 Å². The molecule has 2 heteroatoms. The molecule has 5 aliphatic rings. The van der Waals surface area contributed by atoms with Crippen LogP contribution in [-0.2, 0) is 0 Å². The van der Waals surface area contributed by atoms with E-state index < -0.39 is 0 Å². The predicted molar refractivity (Wildman–Crippen MR) is 79.9 cm³/mol. The van der Waals surface area contributed by atoms with Gasteiger partial charge in [0.25, 0.3) is 0 Å². The summed E-state index contributed by atoms with van der Waals surface area (Å²) in [5, 5.41) is 20.3. The number of rotatable bonds is 1. The van der Waals surface area contributed by atoms with Gasteiger partial charge in [-0.05, 0) is 66.6 Å². The van der Waals surface area contributed by atoms with Gasteiger partial charge in [-0.1, -0.05) is 31.4 Å². The summed E-state index contributed by atoms with van der Waals surface area (Å²) in [6, 6.07) is 2.51. The maximum absolute atomic E-state index is 10.6. The monoisotopic (exact) mass is 283 g/mol. The van der Waals surface area contributed by atoms with Gasteiger partial charge in [0, 0.05) is 0 Å². The molecule has 4 fully saturated rings. The van der Waals surface area contributed by atoms with Gasteiger partial charge in [-0.25, -0.2) is 0 Å². The van der Waals surface area contributed by atoms with Crippen LogP contribution in [0, 0.1) is 58.2 Å². The molecule has 1 N–H and O–H groups in total. The van der Waals surface area contributed by atoms with Crippen LogP contribution >= 0.6 is 0 Å². The fourth-order valence-electron chi connectivity index (χ4n) is 7.80. The molecule has 8 unspecified atom stereocenters. The summed E-state index contributed by atoms with van der Waals surface area (Å²) in [6.07, 6.45) is 14.0. The highest BCUT2D eigenvalue weighted by molar-refractivity contribution is 5.30. The molecule has 2 nitrogen and oxygen atoms in total. The van der Waals surface area contributed by atoms with E-state index in [0.29, 0.717) is 35.0 Å². The Balaban J connectivity index is 1.63. The van der Waals surface area contributed by atoms with Crippen LogP contribution in [0.3, 0.4) is 0 Å². The maximum Gasteiger partial charge on any atom is 0.0759 e. The molecule has 0 radical (unpaired) electrons. The molecular weight excluding hydrogens is 258 g/mol. The van der Waals surface area contributed by atoms with Crippen LogP contribution in [-0.4, -0.2) is 11.2 Å². The molecule has 0 aliphatic heterocycles. The second-order valence-corrected chi connectivity index (χ2v) is 8.40. The Morgan fingerprint density at radius 1 is 1.10 bits per heavy atom. The van der Waals surface area contributed by atoms with E-state index in [2.05, 4.69) is 18.2 Å². The number of nitriles is 1. The van der Waals surface area contributed by atoms with E-state index in [-0.39, 0.29) is 12.0 Å². The van der Waals surface area contributed by atoms with Crippen LogP contribution in [0.1, 0.15) is 44.9 Å². The highest BCUT2D eigenvalue weighted by atomic mass is 16.3. The number of nitrogens with zero attached hydrogens (tertiary/aromatic N) is 1. The Bertz CT molecular complexity index is 528. The summed E-state index contributed by atoms with van der Waals surface area (Å²) < 4.78 is 0. The second-order valence-electron chi connectivity index (χ2n) is 8.40. The van der Waals surface area contributed by atoms with Crippen molar-refractivity contribution in [2.45, 2.75) is 51.0 Å². The Hall–Kier alpha value is -0.810. The van der Waals surface area contributed by atoms with Crippen molar-refractivity contribution in [2.24, 2.45) is 46.8 Å². The molecule has 8 atom stereocenters. The lowest BCUT2D eigenvalue weighted by molar-refractivity contribution is -0.0806. The summed E-state index contributed by atoms with van der Waals surface area (Å²) in [5.41, 5.74) is 0.393. The van der Waals surface area contributed by atoms with Gasteiger partial charge in [0.05, 0.1) is 18.1 Å². The summed E-state index contributed by atoms with van der Waals surface area (Å²) in [5.74, 6) is 3.77. The fourth-order valence-corrected chi connectivity index (χ4v) is 7.80. The van der Waals surface area contributed by atoms with Gasteiger partial charge in [-0.3, -0.25) is 0 Å². The molecule has 5 rings (SSSR count). The summed E-state index contributed by atoms with van der Waals surface area (Å²) in [4.78, 5) is 0. The molecule has 112 valence electrons. The van der Waals surface area contributed by atoms with Crippen molar-refractivity contribution in [2.75, 3.05) is 0 Å². The first-order valence-corrected chi connectivity index (χ1v) is 9.04. The molecule has 0 aromatic heterocycles. The van der Waals surface area contributed by atoms with Crippen molar-refractivity contribution in [3.8, 4) is 6.07 Å². The molecule has 0 aromatic carbocycles. The lowest BCUT2D eigenvalue weighted by atomic mass is 9.50. The molecule has 0 amide bonds. The van der Waals surface area contributed by atoms with Crippen LogP contribution in [0.2, 0.25) is 0 Å². The van der Waals surface area contributed by atoms with E-state index in [4.69, 9.17) is 0 Å². The minimum absolute atomic E-state index is 0.0825. The van der Waals surface area contributed by atoms with Gasteiger partial charge in [0.1, 0.15) is 0 Å². The van der Waals surface area contributed by atoms with Gasteiger partial charge < -0.3 is 5.11 Å². The van der Waals surface area contributed by atoms with Crippen LogP contribution in [0.25, 0.3) is 0 Å². The summed E-state index contributed by atoms with van der Waals surface area (Å²) in [6.45, 7) is 0. The van der Waals surface area contributed by atoms with Crippen molar-refractivity contribution < 1.29 is 5.11 Å². The quantitative estimate of drug-likeness (QED) is 0.591. The number of aliphatic hydroxyl groups is 1. The highest BCUT2D eigenvalue weighted by Crippen LogP contribution is 2.77. The minimum Gasteiger partial charge on any atom is -0.391 e. The number of allylic oxidation sites excluding steroid dienone is 2. The normalized spacial score (nSPS) is 57.6. The Labute approximate surface area is 127 Å². The van der Waals surface area contributed by atoms with Crippen LogP contribution in [0.4, 0.5) is 0 Å². The first-order chi connectivity index (χ1) is 10.3. The third-order valence-corrected chi connectivity index (χ3v) is 8.13. The first kappa shape index (κ1) is 12.7. The van der Waals surface area contributed by atoms with Crippen molar-refractivity contribution in [1.29, 1.82) is 5.26 Å². The zero-order valence-corrected chi connectivity index (χ0v) is 12.6. The SMILES string of the molecule is N#CC1C(O)C2CC1C1(C3CCCCC3)C3C=CC(C3)C21. The zero-order chi connectivity index (χ0) is 14.2. The number of hydrogen-bond acceptors (Lipinski definition) is 2. The van der Waals surface area contributed by atoms with Crippen LogP contribution in [0.5, 0.6) is 0 Å². The van der Waals surface area contributed by atoms with E-state index in [1.54, 1.807) is 0 Å². The summed E-state index contributed by atoms with van der Waals surface area (Å²) >= 11 is 0. The van der Waals surface area contributed by atoms with E-state index in [0.717, 1.165) is 12.3 Å². The zero-order valence-electron chi connectivity index (χ0n) is 12.6. The van der Waals surface area contributed by atoms with E-state index in [1.807, 2.05) is 0 Å². The average Bonchev–Trinajstić information content (AvgIpc) is 3.25.